The van der Waals surface area contributed by atoms with Crippen LogP contribution in [0, 0.1) is 12.7 Å². The lowest BCUT2D eigenvalue weighted by Crippen LogP contribution is -2.01. The van der Waals surface area contributed by atoms with E-state index in [9.17, 15) is 4.39 Å². The van der Waals surface area contributed by atoms with Gasteiger partial charge in [0.05, 0.1) is 10.7 Å². The van der Waals surface area contributed by atoms with Crippen LogP contribution >= 0.6 is 11.6 Å². The number of anilines is 1. The number of tetrazole rings is 1. The van der Waals surface area contributed by atoms with Crippen LogP contribution in [0.2, 0.25) is 5.02 Å². The molecule has 0 unspecified atom stereocenters. The molecule has 106 valence electrons. The lowest BCUT2D eigenvalue weighted by molar-refractivity contribution is 0.627. The third kappa shape index (κ3) is 2.45. The molecular weight excluding hydrogens is 293 g/mol. The first-order valence-electron chi connectivity index (χ1n) is 6.16. The third-order valence-electron chi connectivity index (χ3n) is 3.12. The van der Waals surface area contributed by atoms with Crippen molar-refractivity contribution in [1.29, 1.82) is 0 Å². The SMILES string of the molecule is Cc1ccc(N)cc1-c1nnnn1-c1ccc(F)c(Cl)c1. The van der Waals surface area contributed by atoms with E-state index in [2.05, 4.69) is 15.5 Å². The molecule has 21 heavy (non-hydrogen) atoms. The molecule has 0 atom stereocenters. The van der Waals surface area contributed by atoms with Gasteiger partial charge in [0.25, 0.3) is 0 Å². The first kappa shape index (κ1) is 13.5. The van der Waals surface area contributed by atoms with E-state index in [1.807, 2.05) is 19.1 Å². The van der Waals surface area contributed by atoms with Gasteiger partial charge in [-0.15, -0.1) is 5.10 Å². The van der Waals surface area contributed by atoms with E-state index in [1.165, 1.54) is 16.8 Å². The highest BCUT2D eigenvalue weighted by Crippen LogP contribution is 2.26. The normalized spacial score (nSPS) is 10.8. The summed E-state index contributed by atoms with van der Waals surface area (Å²) in [6.07, 6.45) is 0. The fraction of sp³-hybridized carbons (Fsp3) is 0.0714. The fourth-order valence-electron chi connectivity index (χ4n) is 2.03. The van der Waals surface area contributed by atoms with Gasteiger partial charge >= 0.3 is 0 Å². The summed E-state index contributed by atoms with van der Waals surface area (Å²) >= 11 is 5.81. The molecule has 7 heteroatoms. The van der Waals surface area contributed by atoms with Crippen molar-refractivity contribution in [3.8, 4) is 17.1 Å². The van der Waals surface area contributed by atoms with Gasteiger partial charge in [0, 0.05) is 11.3 Å². The first-order chi connectivity index (χ1) is 10.1. The van der Waals surface area contributed by atoms with Crippen molar-refractivity contribution in [3.05, 3.63) is 52.8 Å². The van der Waals surface area contributed by atoms with Crippen molar-refractivity contribution >= 4 is 17.3 Å². The third-order valence-corrected chi connectivity index (χ3v) is 3.41. The maximum Gasteiger partial charge on any atom is 0.187 e. The molecule has 5 nitrogen and oxygen atoms in total. The molecule has 0 saturated heterocycles. The van der Waals surface area contributed by atoms with Crippen LogP contribution in [0.25, 0.3) is 17.1 Å². The number of hydrogen-bond donors (Lipinski definition) is 1. The smallest absolute Gasteiger partial charge is 0.187 e. The number of aryl methyl sites for hydroxylation is 1. The molecule has 0 saturated carbocycles. The van der Waals surface area contributed by atoms with Crippen molar-refractivity contribution in [3.63, 3.8) is 0 Å². The summed E-state index contributed by atoms with van der Waals surface area (Å²) in [5.41, 5.74) is 8.79. The quantitative estimate of drug-likeness (QED) is 0.739. The van der Waals surface area contributed by atoms with Crippen LogP contribution in [-0.2, 0) is 0 Å². The Morgan fingerprint density at radius 1 is 1.19 bits per heavy atom. The standard InChI is InChI=1S/C14H11ClFN5/c1-8-2-3-9(17)6-11(8)14-18-19-20-21(14)10-4-5-13(16)12(15)7-10/h2-7H,17H2,1H3. The summed E-state index contributed by atoms with van der Waals surface area (Å²) in [7, 11) is 0. The highest BCUT2D eigenvalue weighted by atomic mass is 35.5. The molecule has 0 aliphatic carbocycles. The maximum atomic E-state index is 13.3. The summed E-state index contributed by atoms with van der Waals surface area (Å²) in [4.78, 5) is 0. The maximum absolute atomic E-state index is 13.3. The Hall–Kier alpha value is -2.47. The van der Waals surface area contributed by atoms with E-state index < -0.39 is 5.82 Å². The van der Waals surface area contributed by atoms with Crippen molar-refractivity contribution in [2.24, 2.45) is 0 Å². The van der Waals surface area contributed by atoms with E-state index in [0.717, 1.165) is 11.1 Å². The number of halogens is 2. The molecule has 0 fully saturated rings. The summed E-state index contributed by atoms with van der Waals surface area (Å²) in [5, 5.41) is 11.7. The zero-order chi connectivity index (χ0) is 15.0. The zero-order valence-electron chi connectivity index (χ0n) is 11.1. The number of nitrogens with zero attached hydrogens (tertiary/aromatic N) is 4. The summed E-state index contributed by atoms with van der Waals surface area (Å²) in [6.45, 7) is 1.94. The molecule has 2 N–H and O–H groups in total. The van der Waals surface area contributed by atoms with Gasteiger partial charge in [0.2, 0.25) is 0 Å². The van der Waals surface area contributed by atoms with Gasteiger partial charge in [-0.05, 0) is 53.2 Å². The van der Waals surface area contributed by atoms with Crippen LogP contribution in [0.4, 0.5) is 10.1 Å². The lowest BCUT2D eigenvalue weighted by atomic mass is 10.1. The second-order valence-corrected chi connectivity index (χ2v) is 4.99. The Labute approximate surface area is 125 Å². The van der Waals surface area contributed by atoms with Crippen LogP contribution in [-0.4, -0.2) is 20.2 Å². The zero-order valence-corrected chi connectivity index (χ0v) is 11.8. The average Bonchev–Trinajstić information content (AvgIpc) is 2.93. The minimum atomic E-state index is -0.491. The van der Waals surface area contributed by atoms with Crippen molar-refractivity contribution in [2.45, 2.75) is 6.92 Å². The predicted octanol–water partition coefficient (Wildman–Crippen LogP) is 3.01. The highest BCUT2D eigenvalue weighted by Gasteiger charge is 2.14. The molecule has 0 amide bonds. The Kier molecular flexibility index (Phi) is 3.31. The van der Waals surface area contributed by atoms with E-state index >= 15 is 0 Å². The van der Waals surface area contributed by atoms with Gasteiger partial charge in [-0.3, -0.25) is 0 Å². The molecule has 0 radical (unpaired) electrons. The monoisotopic (exact) mass is 303 g/mol. The largest absolute Gasteiger partial charge is 0.399 e. The topological polar surface area (TPSA) is 69.6 Å². The van der Waals surface area contributed by atoms with Crippen LogP contribution < -0.4 is 5.73 Å². The molecule has 0 bridgehead atoms. The van der Waals surface area contributed by atoms with Crippen molar-refractivity contribution in [1.82, 2.24) is 20.2 Å². The van der Waals surface area contributed by atoms with Crippen LogP contribution in [0.15, 0.2) is 36.4 Å². The molecule has 1 aromatic heterocycles. The molecule has 1 heterocycles. The Bertz CT molecular complexity index is 815. The number of aromatic nitrogens is 4. The van der Waals surface area contributed by atoms with Gasteiger partial charge in [0.1, 0.15) is 5.82 Å². The Morgan fingerprint density at radius 3 is 2.76 bits per heavy atom. The minimum Gasteiger partial charge on any atom is -0.399 e. The Morgan fingerprint density at radius 2 is 2.00 bits per heavy atom. The number of hydrogen-bond acceptors (Lipinski definition) is 4. The minimum absolute atomic E-state index is 0.0123. The van der Waals surface area contributed by atoms with Gasteiger partial charge in [-0.25, -0.2) is 4.39 Å². The molecule has 0 aliphatic heterocycles. The first-order valence-corrected chi connectivity index (χ1v) is 6.54. The van der Waals surface area contributed by atoms with Crippen LogP contribution in [0.5, 0.6) is 0 Å². The van der Waals surface area contributed by atoms with E-state index in [1.54, 1.807) is 12.1 Å². The van der Waals surface area contributed by atoms with Gasteiger partial charge in [-0.2, -0.15) is 4.68 Å². The summed E-state index contributed by atoms with van der Waals surface area (Å²) < 4.78 is 14.8. The van der Waals surface area contributed by atoms with Gasteiger partial charge in [-0.1, -0.05) is 17.7 Å². The number of rotatable bonds is 2. The summed E-state index contributed by atoms with van der Waals surface area (Å²) in [5.74, 6) is 0.0256. The number of nitrogens with two attached hydrogens (primary N) is 1. The van der Waals surface area contributed by atoms with Crippen LogP contribution in [0.3, 0.4) is 0 Å². The highest BCUT2D eigenvalue weighted by molar-refractivity contribution is 6.30. The fourth-order valence-corrected chi connectivity index (χ4v) is 2.20. The Balaban J connectivity index is 2.17. The molecular formula is C14H11ClFN5. The van der Waals surface area contributed by atoms with Gasteiger partial charge < -0.3 is 5.73 Å². The average molecular weight is 304 g/mol. The second kappa shape index (κ2) is 5.14. The molecule has 0 spiro atoms. The van der Waals surface area contributed by atoms with Crippen molar-refractivity contribution < 1.29 is 4.39 Å². The van der Waals surface area contributed by atoms with Crippen LogP contribution in [0.1, 0.15) is 5.56 Å². The predicted molar refractivity (Wildman–Crippen MR) is 78.7 cm³/mol. The number of nitrogen functional groups attached to an aromatic ring is 1. The van der Waals surface area contributed by atoms with Gasteiger partial charge in [0.15, 0.2) is 5.82 Å². The van der Waals surface area contributed by atoms with E-state index in [-0.39, 0.29) is 5.02 Å². The van der Waals surface area contributed by atoms with Crippen molar-refractivity contribution in [2.75, 3.05) is 5.73 Å². The molecule has 2 aromatic carbocycles. The number of benzene rings is 2. The lowest BCUT2D eigenvalue weighted by Gasteiger charge is -2.08. The molecule has 0 aliphatic rings. The molecule has 3 rings (SSSR count). The molecule has 3 aromatic rings. The van der Waals surface area contributed by atoms with E-state index in [0.29, 0.717) is 17.2 Å². The van der Waals surface area contributed by atoms with E-state index in [4.69, 9.17) is 17.3 Å². The second-order valence-electron chi connectivity index (χ2n) is 4.59. The summed E-state index contributed by atoms with van der Waals surface area (Å²) in [6, 6.07) is 9.79.